The van der Waals surface area contributed by atoms with Crippen LogP contribution in [0.3, 0.4) is 0 Å². The molecule has 0 aromatic carbocycles. The topological polar surface area (TPSA) is 46.2 Å². The van der Waals surface area contributed by atoms with Gasteiger partial charge in [0.2, 0.25) is 0 Å². The van der Waals surface area contributed by atoms with Crippen LogP contribution in [-0.4, -0.2) is 32.1 Å². The Hall–Kier alpha value is 0.490. The maximum absolute atomic E-state index is 10.3. The lowest BCUT2D eigenvalue weighted by molar-refractivity contribution is 0.586. The van der Waals surface area contributed by atoms with E-state index in [0.717, 1.165) is 0 Å². The standard InChI is InChI=1S/C4H9Cl2NO2S/c5-1-2-7-4(3-6)10(8)9/h4,7,10H,1-3H2. The van der Waals surface area contributed by atoms with Gasteiger partial charge >= 0.3 is 0 Å². The highest BCUT2D eigenvalue weighted by Gasteiger charge is 2.06. The average molecular weight is 206 g/mol. The molecule has 0 saturated heterocycles. The molecule has 0 bridgehead atoms. The molecule has 0 fully saturated rings. The Bertz CT molecular complexity index is 142. The van der Waals surface area contributed by atoms with Gasteiger partial charge in [-0.15, -0.1) is 23.2 Å². The highest BCUT2D eigenvalue weighted by atomic mass is 35.5. The van der Waals surface area contributed by atoms with E-state index >= 15 is 0 Å². The van der Waals surface area contributed by atoms with Crippen LogP contribution in [0.5, 0.6) is 0 Å². The molecule has 0 aromatic rings. The predicted octanol–water partition coefficient (Wildman–Crippen LogP) is -0.00890. The van der Waals surface area contributed by atoms with Gasteiger partial charge in [-0.3, -0.25) is 5.32 Å². The fraction of sp³-hybridized carbons (Fsp3) is 1.00. The van der Waals surface area contributed by atoms with Crippen molar-refractivity contribution in [1.82, 2.24) is 5.32 Å². The first-order valence-electron chi connectivity index (χ1n) is 2.71. The summed E-state index contributed by atoms with van der Waals surface area (Å²) in [5.41, 5.74) is 0. The lowest BCUT2D eigenvalue weighted by Gasteiger charge is -2.05. The molecule has 0 aliphatic heterocycles. The van der Waals surface area contributed by atoms with E-state index in [1.165, 1.54) is 0 Å². The second-order valence-electron chi connectivity index (χ2n) is 1.60. The van der Waals surface area contributed by atoms with E-state index in [-0.39, 0.29) is 5.88 Å². The quantitative estimate of drug-likeness (QED) is 0.491. The van der Waals surface area contributed by atoms with E-state index in [2.05, 4.69) is 5.32 Å². The largest absolute Gasteiger partial charge is 0.299 e. The number of rotatable bonds is 5. The molecule has 0 heterocycles. The van der Waals surface area contributed by atoms with Crippen molar-refractivity contribution in [2.24, 2.45) is 0 Å². The van der Waals surface area contributed by atoms with Gasteiger partial charge in [0.25, 0.3) is 0 Å². The molecule has 0 aliphatic carbocycles. The second-order valence-corrected chi connectivity index (χ2v) is 3.48. The summed E-state index contributed by atoms with van der Waals surface area (Å²) in [5.74, 6) is 0.451. The van der Waals surface area contributed by atoms with Gasteiger partial charge in [-0.2, -0.15) is 0 Å². The molecule has 0 saturated carbocycles. The average Bonchev–Trinajstić information content (AvgIpc) is 1.89. The maximum Gasteiger partial charge on any atom is 0.157 e. The van der Waals surface area contributed by atoms with Gasteiger partial charge in [0.05, 0.1) is 5.88 Å². The molecule has 1 unspecified atom stereocenters. The van der Waals surface area contributed by atoms with E-state index in [9.17, 15) is 8.42 Å². The Morgan fingerprint density at radius 2 is 2.00 bits per heavy atom. The minimum absolute atomic E-state index is 0.0651. The SMILES string of the molecule is O=[SH](=O)C(CCl)NCCCl. The van der Waals surface area contributed by atoms with E-state index in [0.29, 0.717) is 12.4 Å². The zero-order valence-electron chi connectivity index (χ0n) is 5.22. The van der Waals surface area contributed by atoms with Crippen LogP contribution in [-0.2, 0) is 10.7 Å². The molecule has 3 nitrogen and oxygen atoms in total. The third-order valence-electron chi connectivity index (χ3n) is 0.875. The number of halogens is 2. The van der Waals surface area contributed by atoms with E-state index < -0.39 is 16.1 Å². The lowest BCUT2D eigenvalue weighted by atomic mass is 10.6. The molecule has 1 atom stereocenters. The van der Waals surface area contributed by atoms with Gasteiger partial charge < -0.3 is 0 Å². The monoisotopic (exact) mass is 205 g/mol. The molecule has 0 aromatic heterocycles. The Balaban J connectivity index is 3.61. The van der Waals surface area contributed by atoms with Gasteiger partial charge in [0.15, 0.2) is 10.7 Å². The first kappa shape index (κ1) is 10.5. The lowest BCUT2D eigenvalue weighted by Crippen LogP contribution is -2.33. The molecule has 62 valence electrons. The van der Waals surface area contributed by atoms with Gasteiger partial charge in [0, 0.05) is 12.4 Å². The third kappa shape index (κ3) is 4.33. The Morgan fingerprint density at radius 3 is 2.30 bits per heavy atom. The van der Waals surface area contributed by atoms with Crippen molar-refractivity contribution in [2.45, 2.75) is 5.37 Å². The molecule has 10 heavy (non-hydrogen) atoms. The molecule has 0 aliphatic rings. The van der Waals surface area contributed by atoms with Crippen LogP contribution >= 0.6 is 23.2 Å². The van der Waals surface area contributed by atoms with E-state index in [1.807, 2.05) is 0 Å². The smallest absolute Gasteiger partial charge is 0.157 e. The zero-order valence-corrected chi connectivity index (χ0v) is 7.62. The number of hydrogen-bond donors (Lipinski definition) is 2. The summed E-state index contributed by atoms with van der Waals surface area (Å²) in [6, 6.07) is 0. The number of hydrogen-bond acceptors (Lipinski definition) is 3. The molecule has 6 heteroatoms. The summed E-state index contributed by atoms with van der Waals surface area (Å²) >= 11 is 10.6. The molecular weight excluding hydrogens is 197 g/mol. The fourth-order valence-corrected chi connectivity index (χ4v) is 1.35. The summed E-state index contributed by atoms with van der Waals surface area (Å²) in [6.07, 6.45) is 0. The number of thiol groups is 1. The van der Waals surface area contributed by atoms with Crippen molar-refractivity contribution < 1.29 is 8.42 Å². The fourth-order valence-electron chi connectivity index (χ4n) is 0.407. The maximum atomic E-state index is 10.3. The van der Waals surface area contributed by atoms with E-state index in [1.54, 1.807) is 0 Å². The van der Waals surface area contributed by atoms with Crippen molar-refractivity contribution in [3.63, 3.8) is 0 Å². The molecule has 0 spiro atoms. The molecule has 0 radical (unpaired) electrons. The summed E-state index contributed by atoms with van der Waals surface area (Å²) < 4.78 is 20.6. The van der Waals surface area contributed by atoms with Crippen molar-refractivity contribution >= 4 is 33.9 Å². The van der Waals surface area contributed by atoms with Gasteiger partial charge in [0.1, 0.15) is 5.37 Å². The Morgan fingerprint density at radius 1 is 1.40 bits per heavy atom. The predicted molar refractivity (Wildman–Crippen MR) is 43.5 cm³/mol. The van der Waals surface area contributed by atoms with Crippen molar-refractivity contribution in [1.29, 1.82) is 0 Å². The molecule has 0 rings (SSSR count). The van der Waals surface area contributed by atoms with E-state index in [4.69, 9.17) is 23.2 Å². The molecule has 1 N–H and O–H groups in total. The second kappa shape index (κ2) is 6.22. The first-order valence-corrected chi connectivity index (χ1v) is 5.02. The number of alkyl halides is 2. The molecular formula is C4H9Cl2NO2S. The Labute approximate surface area is 71.6 Å². The highest BCUT2D eigenvalue weighted by molar-refractivity contribution is 7.73. The first-order chi connectivity index (χ1) is 4.72. The summed E-state index contributed by atoms with van der Waals surface area (Å²) in [5, 5.41) is 2.02. The third-order valence-corrected chi connectivity index (χ3v) is 2.46. The van der Waals surface area contributed by atoms with Gasteiger partial charge in [-0.25, -0.2) is 8.42 Å². The van der Waals surface area contributed by atoms with Crippen LogP contribution in [0.1, 0.15) is 0 Å². The van der Waals surface area contributed by atoms with Crippen molar-refractivity contribution in [3.05, 3.63) is 0 Å². The summed E-state index contributed by atoms with van der Waals surface area (Å²) in [6.45, 7) is 0.461. The molecule has 0 amide bonds. The van der Waals surface area contributed by atoms with Crippen LogP contribution in [0.2, 0.25) is 0 Å². The van der Waals surface area contributed by atoms with Crippen LogP contribution in [0.4, 0.5) is 0 Å². The minimum atomic E-state index is -2.48. The summed E-state index contributed by atoms with van der Waals surface area (Å²) in [7, 11) is -2.48. The van der Waals surface area contributed by atoms with Crippen molar-refractivity contribution in [3.8, 4) is 0 Å². The number of nitrogens with one attached hydrogen (secondary N) is 1. The van der Waals surface area contributed by atoms with Crippen molar-refractivity contribution in [2.75, 3.05) is 18.3 Å². The van der Waals surface area contributed by atoms with Crippen LogP contribution in [0, 0.1) is 0 Å². The van der Waals surface area contributed by atoms with Gasteiger partial charge in [-0.1, -0.05) is 0 Å². The van der Waals surface area contributed by atoms with Crippen LogP contribution in [0.15, 0.2) is 0 Å². The Kier molecular flexibility index (Phi) is 6.52. The minimum Gasteiger partial charge on any atom is -0.299 e. The highest BCUT2D eigenvalue weighted by Crippen LogP contribution is 1.88. The normalized spacial score (nSPS) is 13.9. The van der Waals surface area contributed by atoms with Gasteiger partial charge in [-0.05, 0) is 0 Å². The summed E-state index contributed by atoms with van der Waals surface area (Å²) in [4.78, 5) is 0. The zero-order chi connectivity index (χ0) is 7.98. The van der Waals surface area contributed by atoms with Crippen LogP contribution in [0.25, 0.3) is 0 Å². The van der Waals surface area contributed by atoms with Crippen LogP contribution < -0.4 is 5.32 Å².